The number of anilines is 1. The Morgan fingerprint density at radius 3 is 2.62 bits per heavy atom. The molecule has 3 N–H and O–H groups in total. The Bertz CT molecular complexity index is 1790. The van der Waals surface area contributed by atoms with Crippen LogP contribution >= 0.6 is 34.5 Å². The fraction of sp³-hybridized carbons (Fsp3) is 0.0385. The SMILES string of the molecule is CC(O)=C(N=Nc1cc2[nH]c(=O)cc(-c3ccccc3)c2cc1Cl)C(=O)Nc1nc2ccc(Cl)cc2s1. The molecule has 0 unspecified atom stereocenters. The number of aliphatic hydroxyl groups is 1. The molecule has 0 bridgehead atoms. The highest BCUT2D eigenvalue weighted by atomic mass is 35.5. The second kappa shape index (κ2) is 10.1. The number of fused-ring (bicyclic) bond motifs is 2. The van der Waals surface area contributed by atoms with Crippen LogP contribution in [0.1, 0.15) is 6.92 Å². The van der Waals surface area contributed by atoms with Crippen LogP contribution in [0, 0.1) is 0 Å². The molecule has 3 aromatic carbocycles. The van der Waals surface area contributed by atoms with E-state index in [-0.39, 0.29) is 27.7 Å². The Kier molecular flexibility index (Phi) is 6.75. The lowest BCUT2D eigenvalue weighted by atomic mass is 10.0. The Hall–Kier alpha value is -4.05. The van der Waals surface area contributed by atoms with Crippen LogP contribution in [0.15, 0.2) is 93.2 Å². The Morgan fingerprint density at radius 1 is 1.08 bits per heavy atom. The first-order valence-electron chi connectivity index (χ1n) is 10.9. The van der Waals surface area contributed by atoms with Gasteiger partial charge in [-0.25, -0.2) is 4.98 Å². The average molecular weight is 550 g/mol. The third kappa shape index (κ3) is 5.24. The number of nitrogens with zero attached hydrogens (tertiary/aromatic N) is 3. The maximum Gasteiger partial charge on any atom is 0.281 e. The van der Waals surface area contributed by atoms with Crippen molar-refractivity contribution in [1.82, 2.24) is 9.97 Å². The van der Waals surface area contributed by atoms with Crippen LogP contribution in [0.4, 0.5) is 10.8 Å². The number of aromatic nitrogens is 2. The fourth-order valence-electron chi connectivity index (χ4n) is 3.69. The van der Waals surface area contributed by atoms with Gasteiger partial charge in [-0.2, -0.15) is 0 Å². The summed E-state index contributed by atoms with van der Waals surface area (Å²) in [7, 11) is 0. The first-order chi connectivity index (χ1) is 17.8. The molecule has 2 heterocycles. The van der Waals surface area contributed by atoms with Gasteiger partial charge in [0.15, 0.2) is 10.8 Å². The number of aromatic amines is 1. The van der Waals surface area contributed by atoms with Crippen molar-refractivity contribution < 1.29 is 9.90 Å². The monoisotopic (exact) mass is 549 g/mol. The highest BCUT2D eigenvalue weighted by Crippen LogP contribution is 2.35. The number of pyridine rings is 1. The first kappa shape index (κ1) is 24.6. The van der Waals surface area contributed by atoms with Crippen LogP contribution in [0.5, 0.6) is 0 Å². The number of carbonyl (C=O) groups is 1. The average Bonchev–Trinajstić information content (AvgIpc) is 3.25. The van der Waals surface area contributed by atoms with E-state index in [0.29, 0.717) is 26.8 Å². The molecule has 0 fully saturated rings. The van der Waals surface area contributed by atoms with E-state index in [0.717, 1.165) is 15.6 Å². The van der Waals surface area contributed by atoms with Gasteiger partial charge in [-0.3, -0.25) is 14.9 Å². The van der Waals surface area contributed by atoms with E-state index in [4.69, 9.17) is 23.2 Å². The molecule has 11 heteroatoms. The number of hydrogen-bond donors (Lipinski definition) is 3. The normalized spacial score (nSPS) is 12.3. The van der Waals surface area contributed by atoms with Crippen molar-refractivity contribution in [3.8, 4) is 11.1 Å². The van der Waals surface area contributed by atoms with Crippen molar-refractivity contribution in [2.45, 2.75) is 6.92 Å². The number of carbonyl (C=O) groups excluding carboxylic acids is 1. The van der Waals surface area contributed by atoms with Crippen LogP contribution in [-0.4, -0.2) is 21.0 Å². The molecule has 1 amide bonds. The number of aliphatic hydroxyl groups excluding tert-OH is 1. The van der Waals surface area contributed by atoms with Crippen LogP contribution in [0.3, 0.4) is 0 Å². The lowest BCUT2D eigenvalue weighted by Gasteiger charge is -2.08. The topological polar surface area (TPSA) is 120 Å². The molecule has 0 spiro atoms. The van der Waals surface area contributed by atoms with Gasteiger partial charge < -0.3 is 10.1 Å². The Morgan fingerprint density at radius 2 is 1.86 bits per heavy atom. The predicted molar refractivity (Wildman–Crippen MR) is 148 cm³/mol. The molecule has 5 rings (SSSR count). The molecule has 8 nitrogen and oxygen atoms in total. The second-order valence-corrected chi connectivity index (χ2v) is 9.86. The van der Waals surface area contributed by atoms with Crippen molar-refractivity contribution in [1.29, 1.82) is 0 Å². The summed E-state index contributed by atoms with van der Waals surface area (Å²) in [5.41, 5.74) is 2.33. The number of azo groups is 1. The summed E-state index contributed by atoms with van der Waals surface area (Å²) in [6.07, 6.45) is 0. The second-order valence-electron chi connectivity index (χ2n) is 7.98. The number of thiazole rings is 1. The van der Waals surface area contributed by atoms with Gasteiger partial charge in [0.25, 0.3) is 5.91 Å². The van der Waals surface area contributed by atoms with Gasteiger partial charge in [0, 0.05) is 16.5 Å². The lowest BCUT2D eigenvalue weighted by Crippen LogP contribution is -2.14. The fourth-order valence-corrected chi connectivity index (χ4v) is 5.03. The molecule has 0 saturated carbocycles. The number of benzene rings is 3. The third-order valence-electron chi connectivity index (χ3n) is 5.38. The van der Waals surface area contributed by atoms with Gasteiger partial charge in [-0.15, -0.1) is 10.2 Å². The summed E-state index contributed by atoms with van der Waals surface area (Å²) >= 11 is 13.7. The van der Waals surface area contributed by atoms with Crippen molar-refractivity contribution in [2.75, 3.05) is 5.32 Å². The number of allylic oxidation sites excluding steroid dienone is 1. The van der Waals surface area contributed by atoms with Crippen molar-refractivity contribution in [3.63, 3.8) is 0 Å². The van der Waals surface area contributed by atoms with Crippen molar-refractivity contribution >= 4 is 72.4 Å². The third-order valence-corrected chi connectivity index (χ3v) is 6.85. The maximum absolute atomic E-state index is 12.8. The molecule has 0 atom stereocenters. The van der Waals surface area contributed by atoms with Crippen LogP contribution in [0.2, 0.25) is 10.0 Å². The zero-order chi connectivity index (χ0) is 26.1. The molecular weight excluding hydrogens is 533 g/mol. The quantitative estimate of drug-likeness (QED) is 0.118. The highest BCUT2D eigenvalue weighted by molar-refractivity contribution is 7.22. The number of nitrogens with one attached hydrogen (secondary N) is 2. The highest BCUT2D eigenvalue weighted by Gasteiger charge is 2.17. The Balaban J connectivity index is 1.46. The van der Waals surface area contributed by atoms with Gasteiger partial charge in [0.1, 0.15) is 11.4 Å². The minimum atomic E-state index is -0.703. The minimum Gasteiger partial charge on any atom is -0.510 e. The van der Waals surface area contributed by atoms with Gasteiger partial charge in [-0.05, 0) is 48.4 Å². The summed E-state index contributed by atoms with van der Waals surface area (Å²) < 4.78 is 0.794. The smallest absolute Gasteiger partial charge is 0.281 e. The molecule has 0 aliphatic heterocycles. The number of halogens is 2. The van der Waals surface area contributed by atoms with Gasteiger partial charge in [0.05, 0.1) is 20.8 Å². The van der Waals surface area contributed by atoms with E-state index in [1.807, 2.05) is 30.3 Å². The number of rotatable bonds is 5. The van der Waals surface area contributed by atoms with Gasteiger partial charge in [-0.1, -0.05) is 64.9 Å². The minimum absolute atomic E-state index is 0.205. The largest absolute Gasteiger partial charge is 0.510 e. The molecule has 5 aromatic rings. The van der Waals surface area contributed by atoms with E-state index in [1.165, 1.54) is 24.3 Å². The lowest BCUT2D eigenvalue weighted by molar-refractivity contribution is -0.113. The summed E-state index contributed by atoms with van der Waals surface area (Å²) in [6.45, 7) is 1.32. The number of amides is 1. The van der Waals surface area contributed by atoms with E-state index in [1.54, 1.807) is 30.3 Å². The van der Waals surface area contributed by atoms with Crippen molar-refractivity contribution in [3.05, 3.63) is 98.6 Å². The zero-order valence-corrected chi connectivity index (χ0v) is 21.4. The van der Waals surface area contributed by atoms with Crippen LogP contribution in [-0.2, 0) is 4.79 Å². The van der Waals surface area contributed by atoms with Crippen LogP contribution < -0.4 is 10.9 Å². The molecule has 184 valence electrons. The molecule has 37 heavy (non-hydrogen) atoms. The van der Waals surface area contributed by atoms with Crippen molar-refractivity contribution in [2.24, 2.45) is 10.2 Å². The number of hydrogen-bond acceptors (Lipinski definition) is 7. The summed E-state index contributed by atoms with van der Waals surface area (Å²) in [6, 6.07) is 19.4. The van der Waals surface area contributed by atoms with Crippen LogP contribution in [0.25, 0.3) is 32.2 Å². The van der Waals surface area contributed by atoms with Gasteiger partial charge >= 0.3 is 0 Å². The molecule has 0 aliphatic rings. The predicted octanol–water partition coefficient (Wildman–Crippen LogP) is 7.62. The summed E-state index contributed by atoms with van der Waals surface area (Å²) in [4.78, 5) is 32.3. The molecule has 2 aromatic heterocycles. The van der Waals surface area contributed by atoms with E-state index in [2.05, 4.69) is 25.5 Å². The standard InChI is InChI=1S/C26H17Cl2N5O3S/c1-13(34)24(25(36)31-26-30-19-8-7-15(27)9-22(19)37-26)33-32-21-12-20-17(10-18(21)28)16(11-23(35)29-20)14-5-3-2-4-6-14/h2-12,34H,1H3,(H,29,35)(H,30,31,36). The van der Waals surface area contributed by atoms with E-state index in [9.17, 15) is 14.7 Å². The van der Waals surface area contributed by atoms with Gasteiger partial charge in [0.2, 0.25) is 5.56 Å². The van der Waals surface area contributed by atoms with E-state index >= 15 is 0 Å². The zero-order valence-electron chi connectivity index (χ0n) is 19.1. The maximum atomic E-state index is 12.8. The van der Waals surface area contributed by atoms with E-state index < -0.39 is 5.91 Å². The first-order valence-corrected chi connectivity index (χ1v) is 12.5. The Labute approximate surface area is 223 Å². The molecule has 0 aliphatic carbocycles. The summed E-state index contributed by atoms with van der Waals surface area (Å²) in [5, 5.41) is 22.6. The number of H-pyrrole nitrogens is 1. The summed E-state index contributed by atoms with van der Waals surface area (Å²) in [5.74, 6) is -1.05. The molecular formula is C26H17Cl2N5O3S. The molecule has 0 radical (unpaired) electrons. The molecule has 0 saturated heterocycles.